The average molecular weight is 310 g/mol. The van der Waals surface area contributed by atoms with E-state index in [9.17, 15) is 8.42 Å². The number of piperidine rings is 1. The highest BCUT2D eigenvalue weighted by Gasteiger charge is 2.29. The minimum Gasteiger partial charge on any atom is -0.366 e. The molecule has 0 radical (unpaired) electrons. The second-order valence-electron chi connectivity index (χ2n) is 6.00. The molecule has 0 aromatic heterocycles. The van der Waals surface area contributed by atoms with Crippen LogP contribution in [0.15, 0.2) is 29.2 Å². The lowest BCUT2D eigenvalue weighted by Crippen LogP contribution is -2.46. The van der Waals surface area contributed by atoms with Crippen molar-refractivity contribution in [1.82, 2.24) is 0 Å². The third-order valence-corrected chi connectivity index (χ3v) is 6.19. The van der Waals surface area contributed by atoms with Crippen molar-refractivity contribution in [1.29, 1.82) is 0 Å². The molecule has 1 aromatic carbocycles. The fraction of sp³-hybridized carbons (Fsp3) is 0.625. The van der Waals surface area contributed by atoms with Crippen LogP contribution in [0.1, 0.15) is 33.1 Å². The molecule has 0 bridgehead atoms. The second kappa shape index (κ2) is 6.79. The SMILES string of the molecule is CCCS(=O)(=O)c1ccccc1N1CCC(C)CC1CN. The van der Waals surface area contributed by atoms with Gasteiger partial charge in [-0.1, -0.05) is 26.0 Å². The number of benzene rings is 1. The van der Waals surface area contributed by atoms with Crippen molar-refractivity contribution in [2.75, 3.05) is 23.7 Å². The molecule has 118 valence electrons. The Morgan fingerprint density at radius 1 is 1.33 bits per heavy atom. The fourth-order valence-electron chi connectivity index (χ4n) is 3.13. The molecule has 1 fully saturated rings. The van der Waals surface area contributed by atoms with Gasteiger partial charge in [0.1, 0.15) is 0 Å². The van der Waals surface area contributed by atoms with Gasteiger partial charge < -0.3 is 10.6 Å². The van der Waals surface area contributed by atoms with Crippen molar-refractivity contribution in [3.05, 3.63) is 24.3 Å². The van der Waals surface area contributed by atoms with Gasteiger partial charge in [-0.2, -0.15) is 0 Å². The largest absolute Gasteiger partial charge is 0.366 e. The first-order valence-corrected chi connectivity index (χ1v) is 9.43. The van der Waals surface area contributed by atoms with Crippen molar-refractivity contribution in [3.8, 4) is 0 Å². The molecule has 1 aliphatic rings. The lowest BCUT2D eigenvalue weighted by atomic mass is 9.92. The molecule has 1 saturated heterocycles. The number of nitrogens with zero attached hydrogens (tertiary/aromatic N) is 1. The van der Waals surface area contributed by atoms with Gasteiger partial charge in [0.25, 0.3) is 0 Å². The highest BCUT2D eigenvalue weighted by Crippen LogP contribution is 2.32. The molecule has 2 N–H and O–H groups in total. The maximum absolute atomic E-state index is 12.5. The van der Waals surface area contributed by atoms with Crippen LogP contribution < -0.4 is 10.6 Å². The molecule has 0 spiro atoms. The van der Waals surface area contributed by atoms with E-state index in [0.717, 1.165) is 25.1 Å². The average Bonchev–Trinajstić information content (AvgIpc) is 2.47. The number of hydrogen-bond acceptors (Lipinski definition) is 4. The summed E-state index contributed by atoms with van der Waals surface area (Å²) in [6.45, 7) is 5.57. The summed E-state index contributed by atoms with van der Waals surface area (Å²) in [5, 5.41) is 0. The number of sulfone groups is 1. The number of rotatable bonds is 5. The van der Waals surface area contributed by atoms with Crippen LogP contribution in [0.3, 0.4) is 0 Å². The van der Waals surface area contributed by atoms with Gasteiger partial charge in [-0.3, -0.25) is 0 Å². The summed E-state index contributed by atoms with van der Waals surface area (Å²) in [6.07, 6.45) is 2.74. The van der Waals surface area contributed by atoms with E-state index in [-0.39, 0.29) is 11.8 Å². The first-order chi connectivity index (χ1) is 9.99. The van der Waals surface area contributed by atoms with Crippen LogP contribution in [0.2, 0.25) is 0 Å². The van der Waals surface area contributed by atoms with Gasteiger partial charge in [-0.25, -0.2) is 8.42 Å². The Hall–Kier alpha value is -1.07. The van der Waals surface area contributed by atoms with E-state index in [1.807, 2.05) is 19.1 Å². The van der Waals surface area contributed by atoms with Gasteiger partial charge in [0.05, 0.1) is 16.3 Å². The normalized spacial score (nSPS) is 23.3. The monoisotopic (exact) mass is 310 g/mol. The van der Waals surface area contributed by atoms with Crippen molar-refractivity contribution in [2.45, 2.75) is 44.0 Å². The Kier molecular flexibility index (Phi) is 5.27. The zero-order valence-corrected chi connectivity index (χ0v) is 13.8. The Balaban J connectivity index is 2.40. The lowest BCUT2D eigenvalue weighted by molar-refractivity contribution is 0.365. The van der Waals surface area contributed by atoms with Gasteiger partial charge in [0.2, 0.25) is 0 Å². The number of nitrogens with two attached hydrogens (primary N) is 1. The Labute approximate surface area is 128 Å². The highest BCUT2D eigenvalue weighted by atomic mass is 32.2. The summed E-state index contributed by atoms with van der Waals surface area (Å²) in [6, 6.07) is 7.58. The first kappa shape index (κ1) is 16.3. The van der Waals surface area contributed by atoms with Crippen LogP contribution in [-0.2, 0) is 9.84 Å². The van der Waals surface area contributed by atoms with Crippen LogP contribution >= 0.6 is 0 Å². The van der Waals surface area contributed by atoms with E-state index in [1.54, 1.807) is 12.1 Å². The molecule has 2 unspecified atom stereocenters. The fourth-order valence-corrected chi connectivity index (χ4v) is 4.68. The third-order valence-electron chi connectivity index (χ3n) is 4.23. The summed E-state index contributed by atoms with van der Waals surface area (Å²) in [7, 11) is -3.22. The molecule has 1 heterocycles. The summed E-state index contributed by atoms with van der Waals surface area (Å²) in [4.78, 5) is 2.66. The standard InChI is InChI=1S/C16H26N2O2S/c1-3-10-21(19,20)16-7-5-4-6-15(16)18-9-8-13(2)11-14(18)12-17/h4-7,13-14H,3,8-12,17H2,1-2H3. The van der Waals surface area contributed by atoms with Gasteiger partial charge in [0.15, 0.2) is 9.84 Å². The minimum atomic E-state index is -3.22. The van der Waals surface area contributed by atoms with E-state index in [4.69, 9.17) is 5.73 Å². The smallest absolute Gasteiger partial charge is 0.180 e. The molecule has 2 rings (SSSR count). The van der Waals surface area contributed by atoms with Crippen molar-refractivity contribution in [3.63, 3.8) is 0 Å². The molecule has 1 aliphatic heterocycles. The summed E-state index contributed by atoms with van der Waals surface area (Å²) >= 11 is 0. The molecule has 0 amide bonds. The van der Waals surface area contributed by atoms with Crippen LogP contribution in [0.25, 0.3) is 0 Å². The molecule has 1 aromatic rings. The van der Waals surface area contributed by atoms with Gasteiger partial charge in [0, 0.05) is 19.1 Å². The Bertz CT molecular complexity index is 571. The maximum Gasteiger partial charge on any atom is 0.180 e. The van der Waals surface area contributed by atoms with Crippen LogP contribution in [0.4, 0.5) is 5.69 Å². The van der Waals surface area contributed by atoms with E-state index in [0.29, 0.717) is 23.8 Å². The predicted octanol–water partition coefficient (Wildman–Crippen LogP) is 2.43. The summed E-state index contributed by atoms with van der Waals surface area (Å²) in [5.41, 5.74) is 6.75. The molecular formula is C16H26N2O2S. The van der Waals surface area contributed by atoms with Gasteiger partial charge in [-0.15, -0.1) is 0 Å². The zero-order chi connectivity index (χ0) is 15.5. The molecular weight excluding hydrogens is 284 g/mol. The van der Waals surface area contributed by atoms with E-state index >= 15 is 0 Å². The highest BCUT2D eigenvalue weighted by molar-refractivity contribution is 7.91. The molecule has 2 atom stereocenters. The third kappa shape index (κ3) is 3.58. The second-order valence-corrected chi connectivity index (χ2v) is 8.08. The predicted molar refractivity (Wildman–Crippen MR) is 87.4 cm³/mol. The molecule has 0 saturated carbocycles. The number of anilines is 1. The summed E-state index contributed by atoms with van der Waals surface area (Å²) in [5.74, 6) is 0.843. The molecule has 0 aliphatic carbocycles. The first-order valence-electron chi connectivity index (χ1n) is 7.78. The lowest BCUT2D eigenvalue weighted by Gasteiger charge is -2.40. The zero-order valence-electron chi connectivity index (χ0n) is 13.0. The van der Waals surface area contributed by atoms with E-state index < -0.39 is 9.84 Å². The molecule has 5 heteroatoms. The topological polar surface area (TPSA) is 63.4 Å². The van der Waals surface area contributed by atoms with Crippen molar-refractivity contribution < 1.29 is 8.42 Å². The van der Waals surface area contributed by atoms with Crippen LogP contribution in [0, 0.1) is 5.92 Å². The molecule has 4 nitrogen and oxygen atoms in total. The van der Waals surface area contributed by atoms with E-state index in [1.165, 1.54) is 0 Å². The van der Waals surface area contributed by atoms with Crippen LogP contribution in [-0.4, -0.2) is 33.3 Å². The summed E-state index contributed by atoms with van der Waals surface area (Å²) < 4.78 is 25.0. The Morgan fingerprint density at radius 2 is 2.05 bits per heavy atom. The van der Waals surface area contributed by atoms with E-state index in [2.05, 4.69) is 11.8 Å². The Morgan fingerprint density at radius 3 is 2.71 bits per heavy atom. The van der Waals surface area contributed by atoms with Crippen molar-refractivity contribution in [2.24, 2.45) is 11.7 Å². The molecule has 21 heavy (non-hydrogen) atoms. The quantitative estimate of drug-likeness (QED) is 0.907. The van der Waals surface area contributed by atoms with Crippen LogP contribution in [0.5, 0.6) is 0 Å². The van der Waals surface area contributed by atoms with Crippen molar-refractivity contribution >= 4 is 15.5 Å². The van der Waals surface area contributed by atoms with Gasteiger partial charge in [-0.05, 0) is 37.3 Å². The van der Waals surface area contributed by atoms with Gasteiger partial charge >= 0.3 is 0 Å². The minimum absolute atomic E-state index is 0.196. The number of hydrogen-bond donors (Lipinski definition) is 1. The number of para-hydroxylation sites is 1. The maximum atomic E-state index is 12.5.